The summed E-state index contributed by atoms with van der Waals surface area (Å²) in [4.78, 5) is 14.2. The molecule has 3 N–H and O–H groups in total. The molecule has 1 aromatic heterocycles. The van der Waals surface area contributed by atoms with Gasteiger partial charge in [0.2, 0.25) is 15.7 Å². The van der Waals surface area contributed by atoms with Gasteiger partial charge in [-0.3, -0.25) is 5.43 Å². The third kappa shape index (κ3) is 3.01. The highest BCUT2D eigenvalue weighted by molar-refractivity contribution is 6.66. The predicted molar refractivity (Wildman–Crippen MR) is 68.3 cm³/mol. The van der Waals surface area contributed by atoms with Gasteiger partial charge in [-0.05, 0) is 12.8 Å². The van der Waals surface area contributed by atoms with E-state index in [1.165, 1.54) is 0 Å². The molecule has 6 nitrogen and oxygen atoms in total. The Hall–Kier alpha value is -0.560. The van der Waals surface area contributed by atoms with Gasteiger partial charge in [-0.15, -0.1) is 0 Å². The Bertz CT molecular complexity index is 401. The van der Waals surface area contributed by atoms with Crippen molar-refractivity contribution in [3.63, 3.8) is 0 Å². The molecule has 0 aliphatic carbocycles. The first-order valence-corrected chi connectivity index (χ1v) is 6.19. The summed E-state index contributed by atoms with van der Waals surface area (Å²) in [5.41, 5.74) is 2.34. The number of nitrogens with one attached hydrogen (secondary N) is 1. The minimum atomic E-state index is -1.69. The Morgan fingerprint density at radius 2 is 1.76 bits per heavy atom. The summed E-state index contributed by atoms with van der Waals surface area (Å²) in [7, 11) is 0. The summed E-state index contributed by atoms with van der Waals surface area (Å²) in [6, 6.07) is 0. The van der Waals surface area contributed by atoms with Crippen molar-refractivity contribution in [1.82, 2.24) is 15.0 Å². The molecule has 2 rings (SSSR count). The number of hydrogen-bond acceptors (Lipinski definition) is 6. The van der Waals surface area contributed by atoms with Crippen LogP contribution in [-0.4, -0.2) is 28.0 Å². The van der Waals surface area contributed by atoms with Crippen LogP contribution in [0.4, 0.5) is 11.9 Å². The molecule has 0 radical (unpaired) electrons. The van der Waals surface area contributed by atoms with E-state index in [1.807, 2.05) is 4.90 Å². The number of nitrogens with zero attached hydrogens (tertiary/aromatic N) is 4. The maximum absolute atomic E-state index is 5.76. The molecule has 1 aliphatic rings. The van der Waals surface area contributed by atoms with Gasteiger partial charge in [-0.25, -0.2) is 5.84 Å². The molecule has 0 bridgehead atoms. The normalized spacial score (nSPS) is 16.4. The average molecular weight is 298 g/mol. The zero-order valence-electron chi connectivity index (χ0n) is 8.83. The van der Waals surface area contributed by atoms with E-state index in [-0.39, 0.29) is 11.8 Å². The molecule has 0 amide bonds. The fourth-order valence-corrected chi connectivity index (χ4v) is 1.87. The van der Waals surface area contributed by atoms with Crippen LogP contribution in [0.25, 0.3) is 0 Å². The third-order valence-corrected chi connectivity index (χ3v) is 2.90. The number of hydrogen-bond donors (Lipinski definition) is 2. The van der Waals surface area contributed by atoms with E-state index in [1.54, 1.807) is 0 Å². The van der Waals surface area contributed by atoms with E-state index >= 15 is 0 Å². The summed E-state index contributed by atoms with van der Waals surface area (Å²) in [5.74, 6) is 6.00. The molecular formula is C8H11Cl3N6. The van der Waals surface area contributed by atoms with Crippen LogP contribution in [0.2, 0.25) is 0 Å². The van der Waals surface area contributed by atoms with Gasteiger partial charge >= 0.3 is 0 Å². The van der Waals surface area contributed by atoms with Gasteiger partial charge in [0, 0.05) is 13.1 Å². The Kier molecular flexibility index (Phi) is 3.77. The fraction of sp³-hybridized carbons (Fsp3) is 0.625. The van der Waals surface area contributed by atoms with Gasteiger partial charge in [0.25, 0.3) is 0 Å². The largest absolute Gasteiger partial charge is 0.341 e. The van der Waals surface area contributed by atoms with Crippen molar-refractivity contribution in [3.8, 4) is 0 Å². The number of rotatable bonds is 2. The SMILES string of the molecule is NNc1nc(N2CCCC2)nc(C(Cl)(Cl)Cl)n1. The molecule has 1 saturated heterocycles. The number of hydrazine groups is 1. The van der Waals surface area contributed by atoms with Crippen LogP contribution in [0.15, 0.2) is 0 Å². The quantitative estimate of drug-likeness (QED) is 0.490. The van der Waals surface area contributed by atoms with E-state index in [0.29, 0.717) is 5.95 Å². The number of aromatic nitrogens is 3. The lowest BCUT2D eigenvalue weighted by Gasteiger charge is -2.18. The Morgan fingerprint density at radius 3 is 2.29 bits per heavy atom. The minimum absolute atomic E-state index is 0.0624. The highest BCUT2D eigenvalue weighted by Gasteiger charge is 2.29. The van der Waals surface area contributed by atoms with Crippen molar-refractivity contribution >= 4 is 46.7 Å². The lowest BCUT2D eigenvalue weighted by Crippen LogP contribution is -2.24. The highest BCUT2D eigenvalue weighted by atomic mass is 35.6. The average Bonchev–Trinajstić information content (AvgIpc) is 2.80. The molecule has 1 fully saturated rings. The first kappa shape index (κ1) is 12.9. The van der Waals surface area contributed by atoms with Gasteiger partial charge in [0.15, 0.2) is 5.82 Å². The number of nitrogens with two attached hydrogens (primary N) is 1. The summed E-state index contributed by atoms with van der Waals surface area (Å²) < 4.78 is -1.69. The molecule has 9 heteroatoms. The van der Waals surface area contributed by atoms with E-state index in [4.69, 9.17) is 40.6 Å². The van der Waals surface area contributed by atoms with Crippen LogP contribution in [0.3, 0.4) is 0 Å². The zero-order valence-corrected chi connectivity index (χ0v) is 11.1. The second kappa shape index (κ2) is 4.97. The molecule has 17 heavy (non-hydrogen) atoms. The molecule has 1 aromatic rings. The Balaban J connectivity index is 2.38. The molecule has 1 aliphatic heterocycles. The maximum Gasteiger partial charge on any atom is 0.250 e. The van der Waals surface area contributed by atoms with Gasteiger partial charge in [-0.2, -0.15) is 15.0 Å². The first-order valence-electron chi connectivity index (χ1n) is 5.05. The lowest BCUT2D eigenvalue weighted by molar-refractivity contribution is 0.841. The van der Waals surface area contributed by atoms with Crippen molar-refractivity contribution in [2.75, 3.05) is 23.4 Å². The van der Waals surface area contributed by atoms with Gasteiger partial charge in [-0.1, -0.05) is 34.8 Å². The predicted octanol–water partition coefficient (Wildman–Crippen LogP) is 1.58. The number of anilines is 2. The molecule has 0 aromatic carbocycles. The van der Waals surface area contributed by atoms with Crippen molar-refractivity contribution < 1.29 is 0 Å². The smallest absolute Gasteiger partial charge is 0.250 e. The maximum atomic E-state index is 5.76. The van der Waals surface area contributed by atoms with Gasteiger partial charge in [0.05, 0.1) is 0 Å². The van der Waals surface area contributed by atoms with E-state index in [0.717, 1.165) is 25.9 Å². The standard InChI is InChI=1S/C8H11Cl3N6/c9-8(10,11)5-13-6(16-12)15-7(14-5)17-3-1-2-4-17/h1-4,12H2,(H,13,14,15,16). The molecular weight excluding hydrogens is 286 g/mol. The van der Waals surface area contributed by atoms with Gasteiger partial charge in [0.1, 0.15) is 0 Å². The number of nitrogen functional groups attached to an aromatic ring is 1. The fourth-order valence-electron chi connectivity index (χ4n) is 1.61. The van der Waals surface area contributed by atoms with E-state index < -0.39 is 3.79 Å². The van der Waals surface area contributed by atoms with Crippen LogP contribution in [0.1, 0.15) is 18.7 Å². The number of alkyl halides is 3. The van der Waals surface area contributed by atoms with Crippen LogP contribution < -0.4 is 16.2 Å². The van der Waals surface area contributed by atoms with Crippen molar-refractivity contribution in [2.24, 2.45) is 5.84 Å². The van der Waals surface area contributed by atoms with Crippen LogP contribution in [0, 0.1) is 0 Å². The minimum Gasteiger partial charge on any atom is -0.341 e. The Morgan fingerprint density at radius 1 is 1.12 bits per heavy atom. The Labute approximate surface area is 113 Å². The van der Waals surface area contributed by atoms with Gasteiger partial charge < -0.3 is 4.90 Å². The highest BCUT2D eigenvalue weighted by Crippen LogP contribution is 2.36. The topological polar surface area (TPSA) is 80.0 Å². The van der Waals surface area contributed by atoms with Crippen molar-refractivity contribution in [3.05, 3.63) is 5.82 Å². The molecule has 0 saturated carbocycles. The lowest BCUT2D eigenvalue weighted by atomic mass is 10.4. The molecule has 94 valence electrons. The summed E-state index contributed by atoms with van der Waals surface area (Å²) in [6.45, 7) is 1.76. The molecule has 0 atom stereocenters. The summed E-state index contributed by atoms with van der Waals surface area (Å²) >= 11 is 17.3. The second-order valence-electron chi connectivity index (χ2n) is 3.62. The van der Waals surface area contributed by atoms with Crippen LogP contribution in [-0.2, 0) is 3.79 Å². The summed E-state index contributed by atoms with van der Waals surface area (Å²) in [5, 5.41) is 0. The van der Waals surface area contributed by atoms with Crippen LogP contribution in [0.5, 0.6) is 0 Å². The van der Waals surface area contributed by atoms with Crippen molar-refractivity contribution in [2.45, 2.75) is 16.6 Å². The first-order chi connectivity index (χ1) is 8.00. The second-order valence-corrected chi connectivity index (χ2v) is 5.90. The number of halogens is 3. The molecule has 0 spiro atoms. The van der Waals surface area contributed by atoms with E-state index in [2.05, 4.69) is 20.4 Å². The van der Waals surface area contributed by atoms with E-state index in [9.17, 15) is 0 Å². The van der Waals surface area contributed by atoms with Crippen molar-refractivity contribution in [1.29, 1.82) is 0 Å². The third-order valence-electron chi connectivity index (χ3n) is 2.40. The molecule has 0 unspecified atom stereocenters. The molecule has 2 heterocycles. The zero-order chi connectivity index (χ0) is 12.5. The monoisotopic (exact) mass is 296 g/mol. The summed E-state index contributed by atoms with van der Waals surface area (Å²) in [6.07, 6.45) is 2.19. The van der Waals surface area contributed by atoms with Crippen LogP contribution >= 0.6 is 34.8 Å².